The first-order valence-electron chi connectivity index (χ1n) is 6.71. The van der Waals surface area contributed by atoms with Crippen molar-refractivity contribution in [2.24, 2.45) is 5.73 Å². The molecule has 0 spiro atoms. The Morgan fingerprint density at radius 2 is 2.15 bits per heavy atom. The molecule has 1 aromatic carbocycles. The second kappa shape index (κ2) is 7.22. The van der Waals surface area contributed by atoms with Crippen LogP contribution in [-0.4, -0.2) is 19.4 Å². The molecule has 4 heteroatoms. The zero-order chi connectivity index (χ0) is 14.4. The monoisotopic (exact) mass is 288 g/mol. The Hall–Kier alpha value is -1.65. The number of thiophene rings is 1. The first kappa shape index (κ1) is 14.8. The smallest absolute Gasteiger partial charge is 0.136 e. The molecule has 2 N–H and O–H groups in total. The van der Waals surface area contributed by atoms with Crippen LogP contribution in [0.4, 0.5) is 5.69 Å². The number of carbonyl (C=O) groups is 1. The van der Waals surface area contributed by atoms with Gasteiger partial charge in [0.05, 0.1) is 6.04 Å². The maximum Gasteiger partial charge on any atom is 0.136 e. The molecule has 0 amide bonds. The van der Waals surface area contributed by atoms with Gasteiger partial charge < -0.3 is 15.4 Å². The summed E-state index contributed by atoms with van der Waals surface area (Å²) in [5.74, 6) is 0. The van der Waals surface area contributed by atoms with Crippen LogP contribution < -0.4 is 10.6 Å². The minimum absolute atomic E-state index is 0.370. The van der Waals surface area contributed by atoms with E-state index in [1.54, 1.807) is 11.3 Å². The molecule has 0 saturated carbocycles. The molecule has 2 aromatic rings. The lowest BCUT2D eigenvalue weighted by Crippen LogP contribution is -2.23. The fourth-order valence-corrected chi connectivity index (χ4v) is 2.89. The number of anilines is 1. The summed E-state index contributed by atoms with van der Waals surface area (Å²) in [5.41, 5.74) is 9.44. The number of carbonyl (C=O) groups excluding carboxylic acids is 1. The molecule has 3 nitrogen and oxygen atoms in total. The Bertz CT molecular complexity index is 539. The van der Waals surface area contributed by atoms with Gasteiger partial charge in [0.15, 0.2) is 0 Å². The lowest BCUT2D eigenvalue weighted by molar-refractivity contribution is -0.109. The highest BCUT2D eigenvalue weighted by Gasteiger charge is 2.09. The standard InChI is InChI=1S/C16H20N2OS/c1-18(10-13-8-9-20-12-13)16-5-3-2-4-14(16)6-7-15(17)11-19/h2-5,8-9,11-12,15H,6-7,10,17H2,1H3. The van der Waals surface area contributed by atoms with Crippen molar-refractivity contribution in [3.8, 4) is 0 Å². The minimum Gasteiger partial charge on any atom is -0.370 e. The highest BCUT2D eigenvalue weighted by Crippen LogP contribution is 2.23. The molecule has 2 rings (SSSR count). The fourth-order valence-electron chi connectivity index (χ4n) is 2.23. The maximum absolute atomic E-state index is 10.6. The van der Waals surface area contributed by atoms with E-state index in [1.807, 2.05) is 12.1 Å². The first-order chi connectivity index (χ1) is 9.70. The Balaban J connectivity index is 2.08. The highest BCUT2D eigenvalue weighted by atomic mass is 32.1. The molecule has 1 atom stereocenters. The summed E-state index contributed by atoms with van der Waals surface area (Å²) < 4.78 is 0. The SMILES string of the molecule is CN(Cc1ccsc1)c1ccccc1CCC(N)C=O. The van der Waals surface area contributed by atoms with Crippen LogP contribution in [0.5, 0.6) is 0 Å². The Kier molecular flexibility index (Phi) is 5.32. The molecule has 0 aliphatic heterocycles. The van der Waals surface area contributed by atoms with Gasteiger partial charge in [0.1, 0.15) is 6.29 Å². The van der Waals surface area contributed by atoms with Gasteiger partial charge >= 0.3 is 0 Å². The number of rotatable bonds is 7. The average molecular weight is 288 g/mol. The van der Waals surface area contributed by atoms with Crippen LogP contribution in [0.25, 0.3) is 0 Å². The van der Waals surface area contributed by atoms with E-state index >= 15 is 0 Å². The number of hydrogen-bond acceptors (Lipinski definition) is 4. The third kappa shape index (κ3) is 3.92. The lowest BCUT2D eigenvalue weighted by atomic mass is 10.0. The van der Waals surface area contributed by atoms with Crippen LogP contribution in [0.1, 0.15) is 17.5 Å². The quantitative estimate of drug-likeness (QED) is 0.797. The summed E-state index contributed by atoms with van der Waals surface area (Å²) in [6.45, 7) is 0.889. The molecule has 106 valence electrons. The summed E-state index contributed by atoms with van der Waals surface area (Å²) in [7, 11) is 2.09. The van der Waals surface area contributed by atoms with Gasteiger partial charge in [-0.3, -0.25) is 0 Å². The largest absolute Gasteiger partial charge is 0.370 e. The second-order valence-electron chi connectivity index (χ2n) is 4.95. The Morgan fingerprint density at radius 3 is 2.85 bits per heavy atom. The highest BCUT2D eigenvalue weighted by molar-refractivity contribution is 7.07. The van der Waals surface area contributed by atoms with E-state index in [0.29, 0.717) is 6.42 Å². The number of nitrogens with zero attached hydrogens (tertiary/aromatic N) is 1. The number of aldehydes is 1. The van der Waals surface area contributed by atoms with Gasteiger partial charge in [-0.2, -0.15) is 11.3 Å². The number of hydrogen-bond donors (Lipinski definition) is 1. The normalized spacial score (nSPS) is 12.1. The molecule has 1 unspecified atom stereocenters. The zero-order valence-corrected chi connectivity index (χ0v) is 12.5. The molecule has 0 bridgehead atoms. The predicted molar refractivity (Wildman–Crippen MR) is 85.2 cm³/mol. The van der Waals surface area contributed by atoms with E-state index in [9.17, 15) is 4.79 Å². The van der Waals surface area contributed by atoms with E-state index < -0.39 is 0 Å². The molecule has 0 saturated heterocycles. The molecular weight excluding hydrogens is 268 g/mol. The van der Waals surface area contributed by atoms with Crippen molar-refractivity contribution in [1.82, 2.24) is 0 Å². The molecule has 1 aromatic heterocycles. The number of nitrogens with two attached hydrogens (primary N) is 1. The third-order valence-corrected chi connectivity index (χ3v) is 4.06. The summed E-state index contributed by atoms with van der Waals surface area (Å²) in [6, 6.07) is 10.1. The molecule has 0 fully saturated rings. The van der Waals surface area contributed by atoms with Crippen molar-refractivity contribution >= 4 is 23.3 Å². The van der Waals surface area contributed by atoms with Gasteiger partial charge in [-0.05, 0) is 46.9 Å². The minimum atomic E-state index is -0.370. The van der Waals surface area contributed by atoms with Gasteiger partial charge in [0.2, 0.25) is 0 Å². The van der Waals surface area contributed by atoms with Gasteiger partial charge in [0, 0.05) is 19.3 Å². The van der Waals surface area contributed by atoms with Crippen LogP contribution in [0.15, 0.2) is 41.1 Å². The van der Waals surface area contributed by atoms with Gasteiger partial charge in [-0.15, -0.1) is 0 Å². The van der Waals surface area contributed by atoms with Crippen molar-refractivity contribution < 1.29 is 4.79 Å². The average Bonchev–Trinajstić information content (AvgIpc) is 2.97. The third-order valence-electron chi connectivity index (χ3n) is 3.32. The molecule has 0 aliphatic rings. The summed E-state index contributed by atoms with van der Waals surface area (Å²) >= 11 is 1.72. The summed E-state index contributed by atoms with van der Waals surface area (Å²) in [5, 5.41) is 4.26. The van der Waals surface area contributed by atoms with Gasteiger partial charge in [-0.25, -0.2) is 0 Å². The zero-order valence-electron chi connectivity index (χ0n) is 11.7. The van der Waals surface area contributed by atoms with Crippen molar-refractivity contribution in [1.29, 1.82) is 0 Å². The van der Waals surface area contributed by atoms with E-state index in [2.05, 4.69) is 40.9 Å². The van der Waals surface area contributed by atoms with Crippen molar-refractivity contribution in [3.63, 3.8) is 0 Å². The number of aryl methyl sites for hydroxylation is 1. The molecular formula is C16H20N2OS. The van der Waals surface area contributed by atoms with Crippen molar-refractivity contribution in [2.45, 2.75) is 25.4 Å². The Morgan fingerprint density at radius 1 is 1.35 bits per heavy atom. The predicted octanol–water partition coefficient (Wildman–Crippen LogP) is 2.84. The number of para-hydroxylation sites is 1. The number of benzene rings is 1. The van der Waals surface area contributed by atoms with Crippen LogP contribution in [0, 0.1) is 0 Å². The van der Waals surface area contributed by atoms with Gasteiger partial charge in [-0.1, -0.05) is 18.2 Å². The lowest BCUT2D eigenvalue weighted by Gasteiger charge is -2.22. The van der Waals surface area contributed by atoms with Crippen LogP contribution in [-0.2, 0) is 17.8 Å². The van der Waals surface area contributed by atoms with E-state index in [-0.39, 0.29) is 6.04 Å². The molecule has 0 radical (unpaired) electrons. The van der Waals surface area contributed by atoms with E-state index in [1.165, 1.54) is 16.8 Å². The summed E-state index contributed by atoms with van der Waals surface area (Å²) in [4.78, 5) is 12.9. The maximum atomic E-state index is 10.6. The first-order valence-corrected chi connectivity index (χ1v) is 7.66. The Labute approximate surface area is 124 Å². The van der Waals surface area contributed by atoms with Crippen LogP contribution >= 0.6 is 11.3 Å². The fraction of sp³-hybridized carbons (Fsp3) is 0.312. The molecule has 20 heavy (non-hydrogen) atoms. The van der Waals surface area contributed by atoms with Crippen molar-refractivity contribution in [3.05, 3.63) is 52.2 Å². The van der Waals surface area contributed by atoms with Gasteiger partial charge in [0.25, 0.3) is 0 Å². The van der Waals surface area contributed by atoms with E-state index in [4.69, 9.17) is 5.73 Å². The van der Waals surface area contributed by atoms with E-state index in [0.717, 1.165) is 19.3 Å². The van der Waals surface area contributed by atoms with Crippen LogP contribution in [0.2, 0.25) is 0 Å². The molecule has 0 aliphatic carbocycles. The van der Waals surface area contributed by atoms with Crippen LogP contribution in [0.3, 0.4) is 0 Å². The summed E-state index contributed by atoms with van der Waals surface area (Å²) in [6.07, 6.45) is 2.33. The topological polar surface area (TPSA) is 46.3 Å². The van der Waals surface area contributed by atoms with Crippen molar-refractivity contribution in [2.75, 3.05) is 11.9 Å². The second-order valence-corrected chi connectivity index (χ2v) is 5.74. The molecule has 1 heterocycles.